The van der Waals surface area contributed by atoms with Crippen molar-refractivity contribution in [3.63, 3.8) is 0 Å². The van der Waals surface area contributed by atoms with Gasteiger partial charge in [-0.25, -0.2) is 4.79 Å². The minimum atomic E-state index is -0.578. The van der Waals surface area contributed by atoms with Gasteiger partial charge in [0.2, 0.25) is 5.78 Å². The fourth-order valence-corrected chi connectivity index (χ4v) is 3.56. The van der Waals surface area contributed by atoms with E-state index in [1.165, 1.54) is 24.3 Å². The summed E-state index contributed by atoms with van der Waals surface area (Å²) in [5.41, 5.74) is 0.598. The van der Waals surface area contributed by atoms with Crippen molar-refractivity contribution in [1.82, 2.24) is 0 Å². The molecule has 0 aliphatic carbocycles. The normalized spacial score (nSPS) is 10.4. The van der Waals surface area contributed by atoms with Gasteiger partial charge >= 0.3 is 5.97 Å². The van der Waals surface area contributed by atoms with E-state index in [-0.39, 0.29) is 18.2 Å². The first-order valence-electron chi connectivity index (χ1n) is 6.26. The Kier molecular flexibility index (Phi) is 4.69. The van der Waals surface area contributed by atoms with Crippen molar-refractivity contribution in [2.24, 2.45) is 0 Å². The molecule has 0 N–H and O–H groups in total. The van der Waals surface area contributed by atoms with Gasteiger partial charge in [0, 0.05) is 15.3 Å². The van der Waals surface area contributed by atoms with Gasteiger partial charge in [0.25, 0.3) is 0 Å². The quantitative estimate of drug-likeness (QED) is 0.622. The van der Waals surface area contributed by atoms with Gasteiger partial charge in [-0.15, -0.1) is 22.7 Å². The minimum Gasteiger partial charge on any atom is -0.453 e. The van der Waals surface area contributed by atoms with Crippen LogP contribution in [0.2, 0.25) is 0 Å². The molecule has 6 heteroatoms. The number of ether oxygens (including phenoxy) is 1. The number of rotatable bonds is 5. The van der Waals surface area contributed by atoms with Crippen molar-refractivity contribution in [3.05, 3.63) is 43.3 Å². The van der Waals surface area contributed by atoms with E-state index in [1.807, 2.05) is 13.8 Å². The third-order valence-electron chi connectivity index (χ3n) is 2.83. The lowest BCUT2D eigenvalue weighted by atomic mass is 10.2. The molecule has 21 heavy (non-hydrogen) atoms. The molecule has 0 atom stereocenters. The summed E-state index contributed by atoms with van der Waals surface area (Å²) in [7, 11) is 0. The Bertz CT molecular complexity index is 709. The Balaban J connectivity index is 1.99. The maximum Gasteiger partial charge on any atom is 0.348 e. The van der Waals surface area contributed by atoms with Crippen molar-refractivity contribution >= 4 is 40.2 Å². The van der Waals surface area contributed by atoms with Crippen molar-refractivity contribution in [2.75, 3.05) is 6.61 Å². The lowest BCUT2D eigenvalue weighted by Crippen LogP contribution is -2.13. The average Bonchev–Trinajstić information content (AvgIpc) is 3.02. The van der Waals surface area contributed by atoms with Gasteiger partial charge < -0.3 is 4.74 Å². The zero-order valence-corrected chi connectivity index (χ0v) is 13.5. The first kappa shape index (κ1) is 15.6. The van der Waals surface area contributed by atoms with Gasteiger partial charge in [-0.2, -0.15) is 0 Å². The fourth-order valence-electron chi connectivity index (χ4n) is 1.82. The Morgan fingerprint density at radius 1 is 1.10 bits per heavy atom. The number of aryl methyl sites for hydroxylation is 2. The Hall–Kier alpha value is -1.79. The Morgan fingerprint density at radius 3 is 2.29 bits per heavy atom. The lowest BCUT2D eigenvalue weighted by molar-refractivity contribution is 0.0479. The summed E-state index contributed by atoms with van der Waals surface area (Å²) in [4.78, 5) is 37.8. The number of hydrogen-bond donors (Lipinski definition) is 0. The number of hydrogen-bond acceptors (Lipinski definition) is 6. The third kappa shape index (κ3) is 3.65. The van der Waals surface area contributed by atoms with Crippen molar-refractivity contribution in [2.45, 2.75) is 20.8 Å². The second-order valence-electron chi connectivity index (χ2n) is 4.55. The number of thiophene rings is 2. The molecule has 0 aromatic carbocycles. The fraction of sp³-hybridized carbons (Fsp3) is 0.267. The maximum atomic E-state index is 12.0. The molecule has 0 saturated carbocycles. The second kappa shape index (κ2) is 6.32. The molecule has 0 radical (unpaired) electrons. The molecule has 2 rings (SSSR count). The van der Waals surface area contributed by atoms with Gasteiger partial charge in [-0.1, -0.05) is 0 Å². The molecular formula is C15H14O4S2. The number of carbonyl (C=O) groups excluding carboxylic acids is 3. The molecule has 2 heterocycles. The molecule has 0 amide bonds. The van der Waals surface area contributed by atoms with Crippen LogP contribution in [0.4, 0.5) is 0 Å². The zero-order valence-electron chi connectivity index (χ0n) is 11.9. The predicted octanol–water partition coefficient (Wildman–Crippen LogP) is 3.67. The highest BCUT2D eigenvalue weighted by Gasteiger charge is 2.17. The minimum absolute atomic E-state index is 0.0977. The predicted molar refractivity (Wildman–Crippen MR) is 82.7 cm³/mol. The first-order chi connectivity index (χ1) is 9.88. The molecule has 2 aromatic heterocycles. The van der Waals surface area contributed by atoms with Crippen LogP contribution in [0.15, 0.2) is 18.2 Å². The lowest BCUT2D eigenvalue weighted by Gasteiger charge is -2.02. The summed E-state index contributed by atoms with van der Waals surface area (Å²) in [5, 5.41) is 0. The van der Waals surface area contributed by atoms with E-state index in [0.717, 1.165) is 21.1 Å². The van der Waals surface area contributed by atoms with Crippen LogP contribution in [0, 0.1) is 13.8 Å². The molecule has 0 aliphatic rings. The van der Waals surface area contributed by atoms with E-state index in [4.69, 9.17) is 4.74 Å². The molecule has 0 aliphatic heterocycles. The summed E-state index contributed by atoms with van der Waals surface area (Å²) >= 11 is 2.61. The third-order valence-corrected chi connectivity index (χ3v) is 4.96. The molecule has 110 valence electrons. The number of carbonyl (C=O) groups is 3. The van der Waals surface area contributed by atoms with Crippen LogP contribution in [-0.2, 0) is 4.74 Å². The number of ketones is 2. The van der Waals surface area contributed by atoms with E-state index >= 15 is 0 Å². The second-order valence-corrected chi connectivity index (χ2v) is 7.09. The summed E-state index contributed by atoms with van der Waals surface area (Å²) < 4.78 is 5.02. The van der Waals surface area contributed by atoms with E-state index in [2.05, 4.69) is 0 Å². The van der Waals surface area contributed by atoms with Crippen LogP contribution >= 0.6 is 22.7 Å². The summed E-state index contributed by atoms with van der Waals surface area (Å²) in [6.07, 6.45) is 0. The van der Waals surface area contributed by atoms with E-state index in [9.17, 15) is 14.4 Å². The SMILES string of the molecule is CC(=O)c1ccc(C(=O)OCC(=O)c2cc(C)sc2C)s1. The molecule has 0 spiro atoms. The maximum absolute atomic E-state index is 12.0. The molecule has 0 bridgehead atoms. The number of esters is 1. The summed E-state index contributed by atoms with van der Waals surface area (Å²) in [6, 6.07) is 4.92. The highest BCUT2D eigenvalue weighted by atomic mass is 32.1. The van der Waals surface area contributed by atoms with Gasteiger partial charge in [0.05, 0.1) is 4.88 Å². The highest BCUT2D eigenvalue weighted by molar-refractivity contribution is 7.15. The largest absolute Gasteiger partial charge is 0.453 e. The van der Waals surface area contributed by atoms with Gasteiger partial charge in [0.1, 0.15) is 4.88 Å². The van der Waals surface area contributed by atoms with Crippen LogP contribution in [0.5, 0.6) is 0 Å². The van der Waals surface area contributed by atoms with Crippen LogP contribution in [0.1, 0.15) is 46.4 Å². The molecular weight excluding hydrogens is 308 g/mol. The van der Waals surface area contributed by atoms with E-state index in [0.29, 0.717) is 15.3 Å². The van der Waals surface area contributed by atoms with Crippen LogP contribution in [0.3, 0.4) is 0 Å². The van der Waals surface area contributed by atoms with Crippen LogP contribution in [-0.4, -0.2) is 24.1 Å². The Morgan fingerprint density at radius 2 is 1.76 bits per heavy atom. The highest BCUT2D eigenvalue weighted by Crippen LogP contribution is 2.22. The van der Waals surface area contributed by atoms with Crippen molar-refractivity contribution in [3.8, 4) is 0 Å². The van der Waals surface area contributed by atoms with Crippen molar-refractivity contribution in [1.29, 1.82) is 0 Å². The van der Waals surface area contributed by atoms with Gasteiger partial charge in [0.15, 0.2) is 12.4 Å². The molecule has 0 unspecified atom stereocenters. The molecule has 4 nitrogen and oxygen atoms in total. The molecule has 2 aromatic rings. The van der Waals surface area contributed by atoms with Gasteiger partial charge in [-0.3, -0.25) is 9.59 Å². The van der Waals surface area contributed by atoms with Gasteiger partial charge in [-0.05, 0) is 39.0 Å². The molecule has 0 saturated heterocycles. The average molecular weight is 322 g/mol. The molecule has 0 fully saturated rings. The standard InChI is InChI=1S/C15H14O4S2/c1-8-6-11(10(3)20-8)12(17)7-19-15(18)14-5-4-13(21-14)9(2)16/h4-6H,7H2,1-3H3. The topological polar surface area (TPSA) is 60.4 Å². The first-order valence-corrected chi connectivity index (χ1v) is 7.90. The summed E-state index contributed by atoms with van der Waals surface area (Å²) in [6.45, 7) is 4.94. The van der Waals surface area contributed by atoms with Crippen LogP contribution < -0.4 is 0 Å². The van der Waals surface area contributed by atoms with Crippen LogP contribution in [0.25, 0.3) is 0 Å². The van der Waals surface area contributed by atoms with E-state index < -0.39 is 5.97 Å². The summed E-state index contributed by atoms with van der Waals surface area (Å²) in [5.74, 6) is -0.890. The monoisotopic (exact) mass is 322 g/mol. The zero-order chi connectivity index (χ0) is 15.6. The number of Topliss-reactive ketones (excluding diaryl/α,β-unsaturated/α-hetero) is 2. The smallest absolute Gasteiger partial charge is 0.348 e. The van der Waals surface area contributed by atoms with E-state index in [1.54, 1.807) is 12.1 Å². The van der Waals surface area contributed by atoms with Crippen molar-refractivity contribution < 1.29 is 19.1 Å². The Labute approximate surface area is 130 Å².